The average Bonchev–Trinajstić information content (AvgIpc) is 3.44. The second-order valence-corrected chi connectivity index (χ2v) is 11.0. The average molecular weight is 494 g/mol. The van der Waals surface area contributed by atoms with E-state index in [4.69, 9.17) is 5.10 Å². The van der Waals surface area contributed by atoms with Crippen molar-refractivity contribution in [3.05, 3.63) is 35.0 Å². The maximum atomic E-state index is 13.5. The van der Waals surface area contributed by atoms with Gasteiger partial charge in [-0.3, -0.25) is 19.0 Å². The lowest BCUT2D eigenvalue weighted by Gasteiger charge is -2.34. The molecular weight excluding hydrogens is 454 g/mol. The Bertz CT molecular complexity index is 1280. The number of aromatic nitrogens is 5. The van der Waals surface area contributed by atoms with Crippen LogP contribution < -0.4 is 5.56 Å². The number of hydrogen-bond acceptors (Lipinski definition) is 5. The van der Waals surface area contributed by atoms with Gasteiger partial charge in [0.1, 0.15) is 5.52 Å². The molecule has 1 saturated heterocycles. The van der Waals surface area contributed by atoms with Crippen LogP contribution in [-0.2, 0) is 25.4 Å². The molecule has 2 unspecified atom stereocenters. The molecule has 9 heteroatoms. The molecule has 3 aromatic heterocycles. The molecule has 4 heterocycles. The van der Waals surface area contributed by atoms with Crippen LogP contribution >= 0.6 is 0 Å². The number of aryl methyl sites for hydroxylation is 2. The molecule has 1 aliphatic carbocycles. The highest BCUT2D eigenvalue weighted by atomic mass is 16.2. The summed E-state index contributed by atoms with van der Waals surface area (Å²) in [7, 11) is 7.80. The first-order chi connectivity index (χ1) is 17.3. The summed E-state index contributed by atoms with van der Waals surface area (Å²) in [6.07, 6.45) is 13.3. The van der Waals surface area contributed by atoms with Gasteiger partial charge in [-0.25, -0.2) is 0 Å². The summed E-state index contributed by atoms with van der Waals surface area (Å²) in [6.45, 7) is 2.52. The van der Waals surface area contributed by atoms with Gasteiger partial charge in [-0.15, -0.1) is 0 Å². The number of hydrogen-bond donors (Lipinski definition) is 0. The van der Waals surface area contributed by atoms with Crippen molar-refractivity contribution in [2.75, 3.05) is 27.2 Å². The molecule has 3 aromatic rings. The monoisotopic (exact) mass is 493 g/mol. The van der Waals surface area contributed by atoms with Crippen LogP contribution in [0.5, 0.6) is 0 Å². The number of rotatable bonds is 5. The fourth-order valence-corrected chi connectivity index (χ4v) is 6.18. The molecule has 1 amide bonds. The maximum absolute atomic E-state index is 13.5. The van der Waals surface area contributed by atoms with Crippen LogP contribution in [-0.4, -0.2) is 73.1 Å². The van der Waals surface area contributed by atoms with Crippen molar-refractivity contribution in [2.24, 2.45) is 25.9 Å². The Hall–Kier alpha value is -2.94. The lowest BCUT2D eigenvalue weighted by molar-refractivity contribution is -0.137. The number of amides is 1. The molecule has 9 nitrogen and oxygen atoms in total. The molecule has 2 aliphatic rings. The van der Waals surface area contributed by atoms with Crippen LogP contribution in [0.1, 0.15) is 44.9 Å². The fourth-order valence-electron chi connectivity index (χ4n) is 6.18. The molecule has 2 atom stereocenters. The zero-order valence-electron chi connectivity index (χ0n) is 22.1. The van der Waals surface area contributed by atoms with Crippen molar-refractivity contribution in [1.82, 2.24) is 33.9 Å². The van der Waals surface area contributed by atoms with E-state index in [-0.39, 0.29) is 17.4 Å². The van der Waals surface area contributed by atoms with Crippen LogP contribution in [0.25, 0.3) is 22.2 Å². The topological polar surface area (TPSA) is 81.2 Å². The Balaban J connectivity index is 1.39. The third-order valence-corrected chi connectivity index (χ3v) is 8.19. The Kier molecular flexibility index (Phi) is 7.01. The number of likely N-dealkylation sites (tertiary alicyclic amines) is 1. The Morgan fingerprint density at radius 3 is 2.58 bits per heavy atom. The summed E-state index contributed by atoms with van der Waals surface area (Å²) in [5, 5.41) is 10.0. The molecule has 0 N–H and O–H groups in total. The first kappa shape index (κ1) is 24.7. The summed E-state index contributed by atoms with van der Waals surface area (Å²) in [5.41, 5.74) is 2.28. The van der Waals surface area contributed by atoms with Crippen molar-refractivity contribution in [2.45, 2.75) is 57.5 Å². The van der Waals surface area contributed by atoms with Crippen LogP contribution in [0.15, 0.2) is 29.5 Å². The van der Waals surface area contributed by atoms with E-state index >= 15 is 0 Å². The minimum Gasteiger partial charge on any atom is -0.343 e. The van der Waals surface area contributed by atoms with Gasteiger partial charge in [0.15, 0.2) is 0 Å². The van der Waals surface area contributed by atoms with Gasteiger partial charge < -0.3 is 14.4 Å². The minimum absolute atomic E-state index is 0.0359. The lowest BCUT2D eigenvalue weighted by atomic mass is 9.90. The minimum atomic E-state index is -0.0592. The maximum Gasteiger partial charge on any atom is 0.261 e. The number of pyridine rings is 1. The van der Waals surface area contributed by atoms with E-state index in [0.717, 1.165) is 50.0 Å². The van der Waals surface area contributed by atoms with Crippen molar-refractivity contribution < 1.29 is 4.79 Å². The number of nitrogens with zero attached hydrogens (tertiary/aromatic N) is 7. The third-order valence-electron chi connectivity index (χ3n) is 8.19. The molecule has 194 valence electrons. The highest BCUT2D eigenvalue weighted by Gasteiger charge is 2.32. The molecule has 1 aliphatic heterocycles. The van der Waals surface area contributed by atoms with Crippen LogP contribution in [0, 0.1) is 11.8 Å². The van der Waals surface area contributed by atoms with Gasteiger partial charge in [0.2, 0.25) is 5.91 Å². The zero-order chi connectivity index (χ0) is 25.4. The van der Waals surface area contributed by atoms with E-state index in [1.807, 2.05) is 43.4 Å². The summed E-state index contributed by atoms with van der Waals surface area (Å²) < 4.78 is 5.27. The summed E-state index contributed by atoms with van der Waals surface area (Å²) in [4.78, 5) is 30.8. The molecule has 0 aromatic carbocycles. The van der Waals surface area contributed by atoms with E-state index in [9.17, 15) is 9.59 Å². The molecule has 36 heavy (non-hydrogen) atoms. The zero-order valence-corrected chi connectivity index (χ0v) is 22.1. The number of fused-ring (bicyclic) bond motifs is 1. The molecule has 0 bridgehead atoms. The van der Waals surface area contributed by atoms with E-state index in [2.05, 4.69) is 21.9 Å². The molecule has 1 saturated carbocycles. The highest BCUT2D eigenvalue weighted by molar-refractivity contribution is 5.91. The molecular formula is C27H39N7O2. The van der Waals surface area contributed by atoms with E-state index in [1.165, 1.54) is 19.3 Å². The highest BCUT2D eigenvalue weighted by Crippen LogP contribution is 2.29. The van der Waals surface area contributed by atoms with Crippen LogP contribution in [0.4, 0.5) is 0 Å². The largest absolute Gasteiger partial charge is 0.343 e. The van der Waals surface area contributed by atoms with Gasteiger partial charge >= 0.3 is 0 Å². The molecule has 0 radical (unpaired) electrons. The standard InChI is InChI=1S/C27H39N7O2/c1-30-12-10-20(26(35)33(4)21-8-6-5-7-9-21)14-19(15-30)16-34-18-23-25(29-34)22(17-31(2)27(23)36)24-11-13-32(3)28-24/h11,13,17-21H,5-10,12,14-16H2,1-4H3. The second kappa shape index (κ2) is 10.2. The molecule has 0 spiro atoms. The lowest BCUT2D eigenvalue weighted by Crippen LogP contribution is -2.42. The molecule has 2 fully saturated rings. The van der Waals surface area contributed by atoms with Gasteiger partial charge in [-0.2, -0.15) is 10.2 Å². The smallest absolute Gasteiger partial charge is 0.261 e. The van der Waals surface area contributed by atoms with Crippen molar-refractivity contribution in [3.63, 3.8) is 0 Å². The first-order valence-electron chi connectivity index (χ1n) is 13.3. The second-order valence-electron chi connectivity index (χ2n) is 11.0. The third kappa shape index (κ3) is 4.98. The van der Waals surface area contributed by atoms with E-state index < -0.39 is 0 Å². The Labute approximate surface area is 212 Å². The summed E-state index contributed by atoms with van der Waals surface area (Å²) in [5.74, 6) is 0.621. The van der Waals surface area contributed by atoms with Crippen molar-refractivity contribution in [1.29, 1.82) is 0 Å². The first-order valence-corrected chi connectivity index (χ1v) is 13.3. The Morgan fingerprint density at radius 2 is 1.86 bits per heavy atom. The number of carbonyl (C=O) groups excluding carboxylic acids is 1. The van der Waals surface area contributed by atoms with E-state index in [1.54, 1.807) is 16.3 Å². The quantitative estimate of drug-likeness (QED) is 0.546. The van der Waals surface area contributed by atoms with Crippen molar-refractivity contribution in [3.8, 4) is 11.3 Å². The van der Waals surface area contributed by atoms with Gasteiger partial charge in [0.25, 0.3) is 5.56 Å². The fraction of sp³-hybridized carbons (Fsp3) is 0.630. The van der Waals surface area contributed by atoms with Gasteiger partial charge in [-0.05, 0) is 51.3 Å². The van der Waals surface area contributed by atoms with Gasteiger partial charge in [0.05, 0.1) is 11.1 Å². The predicted octanol–water partition coefficient (Wildman–Crippen LogP) is 2.88. The van der Waals surface area contributed by atoms with Crippen molar-refractivity contribution >= 4 is 16.8 Å². The number of carbonyl (C=O) groups is 1. The predicted molar refractivity (Wildman–Crippen MR) is 141 cm³/mol. The van der Waals surface area contributed by atoms with Crippen LogP contribution in [0.2, 0.25) is 0 Å². The Morgan fingerprint density at radius 1 is 1.08 bits per heavy atom. The normalized spacial score (nSPS) is 22.1. The van der Waals surface area contributed by atoms with Gasteiger partial charge in [0, 0.05) is 70.3 Å². The van der Waals surface area contributed by atoms with E-state index in [0.29, 0.717) is 29.4 Å². The summed E-state index contributed by atoms with van der Waals surface area (Å²) >= 11 is 0. The van der Waals surface area contributed by atoms with Crippen LogP contribution in [0.3, 0.4) is 0 Å². The SMILES string of the molecule is CN1CCC(C(=O)N(C)C2CCCCC2)CC(Cn2cc3c(=O)n(C)cc(-c4ccn(C)n4)c3n2)C1. The molecule has 5 rings (SSSR count). The summed E-state index contributed by atoms with van der Waals surface area (Å²) in [6, 6.07) is 2.33. The van der Waals surface area contributed by atoms with Gasteiger partial charge in [-0.1, -0.05) is 19.3 Å².